The molecule has 3 fully saturated rings. The van der Waals surface area contributed by atoms with Crippen molar-refractivity contribution >= 4 is 23.4 Å². The minimum absolute atomic E-state index is 0.0507. The molecule has 14 nitrogen and oxygen atoms in total. The molecule has 2 bridgehead atoms. The third kappa shape index (κ3) is 15.3. The fourth-order valence-electron chi connectivity index (χ4n) is 10.2. The number of cyclic esters (lactones) is 1. The molecule has 3 N–H and O–H groups in total. The number of Topliss-reactive ketones (excluding diaryl/α,β-unsaturated/α-hetero) is 2. The van der Waals surface area contributed by atoms with Gasteiger partial charge in [-0.15, -0.1) is 0 Å². The van der Waals surface area contributed by atoms with Crippen LogP contribution < -0.4 is 0 Å². The number of methoxy groups -OCH3 is 3. The van der Waals surface area contributed by atoms with Crippen molar-refractivity contribution in [3.05, 3.63) is 59.8 Å². The molecule has 0 aromatic heterocycles. The van der Waals surface area contributed by atoms with Gasteiger partial charge < -0.3 is 48.6 Å². The Balaban J connectivity index is 1.76. The van der Waals surface area contributed by atoms with Crippen LogP contribution in [0.25, 0.3) is 0 Å². The highest BCUT2D eigenvalue weighted by atomic mass is 16.6. The first-order valence-corrected chi connectivity index (χ1v) is 24.7. The molecule has 4 rings (SSSR count). The third-order valence-corrected chi connectivity index (χ3v) is 14.6. The van der Waals surface area contributed by atoms with Crippen molar-refractivity contribution in [2.75, 3.05) is 41.0 Å². The maximum absolute atomic E-state index is 14.6. The van der Waals surface area contributed by atoms with E-state index in [1.54, 1.807) is 52.2 Å². The van der Waals surface area contributed by atoms with E-state index >= 15 is 0 Å². The molecule has 0 radical (unpaired) electrons. The highest BCUT2D eigenvalue weighted by molar-refractivity contribution is 6.39. The molecule has 0 aromatic rings. The van der Waals surface area contributed by atoms with E-state index in [2.05, 4.69) is 6.58 Å². The van der Waals surface area contributed by atoms with Gasteiger partial charge in [-0.3, -0.25) is 14.4 Å². The normalized spacial score (nSPS) is 41.2. The molecular formula is C54H85NO13. The topological polar surface area (TPSA) is 188 Å². The first kappa shape index (κ1) is 49.6. The minimum atomic E-state index is -3.02. The van der Waals surface area contributed by atoms with Gasteiger partial charge in [-0.05, 0) is 118 Å². The Bertz CT molecular complexity index is 2010. The van der Waals surface area contributed by atoms with Gasteiger partial charge in [0.25, 0.3) is 11.7 Å². The Morgan fingerprint density at radius 3 is 2.40 bits per heavy atom. The summed E-state index contributed by atoms with van der Waals surface area (Å²) in [6.45, 7) is 16.5. The van der Waals surface area contributed by atoms with Gasteiger partial charge in [0.1, 0.15) is 30.1 Å². The lowest BCUT2D eigenvalue weighted by Gasteiger charge is -2.42. The van der Waals surface area contributed by atoms with Crippen molar-refractivity contribution in [2.24, 2.45) is 35.5 Å². The smallest absolute Gasteiger partial charge is 0.329 e. The summed E-state index contributed by atoms with van der Waals surface area (Å²) >= 11 is 0. The zero-order chi connectivity index (χ0) is 54.6. The zero-order valence-corrected chi connectivity index (χ0v) is 42.0. The van der Waals surface area contributed by atoms with Crippen molar-refractivity contribution in [2.45, 2.75) is 180 Å². The number of carbonyl (C=O) groups excluding carboxylic acids is 4. The largest absolute Gasteiger partial charge is 0.460 e. The van der Waals surface area contributed by atoms with Gasteiger partial charge in [0.15, 0.2) is 0 Å². The summed E-state index contributed by atoms with van der Waals surface area (Å²) in [5.41, 5.74) is 1.59. The molecule has 0 aromatic carbocycles. The van der Waals surface area contributed by atoms with Crippen LogP contribution in [-0.2, 0) is 47.6 Å². The first-order chi connectivity index (χ1) is 34.2. The van der Waals surface area contributed by atoms with E-state index in [4.69, 9.17) is 35.3 Å². The van der Waals surface area contributed by atoms with Crippen LogP contribution >= 0.6 is 0 Å². The van der Waals surface area contributed by atoms with Crippen LogP contribution in [-0.4, -0.2) is 139 Å². The Kier molecular flexibility index (Phi) is 19.9. The summed E-state index contributed by atoms with van der Waals surface area (Å²) in [6.07, 6.45) is 5.80. The van der Waals surface area contributed by atoms with E-state index in [-0.39, 0.29) is 81.2 Å². The zero-order valence-electron chi connectivity index (χ0n) is 47.0. The van der Waals surface area contributed by atoms with Crippen molar-refractivity contribution < 1.29 is 69.8 Å². The van der Waals surface area contributed by atoms with E-state index in [0.717, 1.165) is 11.3 Å². The maximum atomic E-state index is 14.6. The molecule has 2 saturated heterocycles. The van der Waals surface area contributed by atoms with Gasteiger partial charge >= 0.3 is 5.97 Å². The monoisotopic (exact) mass is 961 g/mol. The van der Waals surface area contributed by atoms with Crippen molar-refractivity contribution in [1.29, 1.82) is 0 Å². The molecular weight excluding hydrogens is 871 g/mol. The van der Waals surface area contributed by atoms with Crippen molar-refractivity contribution in [1.82, 2.24) is 4.90 Å². The van der Waals surface area contributed by atoms with Gasteiger partial charge in [0, 0.05) is 55.2 Å². The van der Waals surface area contributed by atoms with E-state index in [1.807, 2.05) is 32.9 Å². The molecule has 1 saturated carbocycles. The summed E-state index contributed by atoms with van der Waals surface area (Å²) in [6, 6.07) is -1.30. The Morgan fingerprint density at radius 2 is 1.71 bits per heavy atom. The van der Waals surface area contributed by atoms with Gasteiger partial charge in [-0.25, -0.2) is 4.79 Å². The Labute approximate surface area is 413 Å². The third-order valence-electron chi connectivity index (χ3n) is 14.6. The average Bonchev–Trinajstić information content (AvgIpc) is 3.33. The van der Waals surface area contributed by atoms with E-state index < -0.39 is 91.2 Å². The van der Waals surface area contributed by atoms with Crippen LogP contribution in [0.4, 0.5) is 0 Å². The number of hydrogen-bond acceptors (Lipinski definition) is 13. The quantitative estimate of drug-likeness (QED) is 0.120. The standard InChI is InChI=1S/C54H85NO13/c1-33-17-13-12-14-18-34(2)46(63-9)31-42-22-20-39(7)54(62,68-42)51(59)52(60)55-24-16-15-19-43(55)53(61)67-47(37(5)29-41-21-23-45(66-26-25-56)48(30-41)64-10)32-44(57)36(4)28-38(6)49(58)50(65-11)40(8)35(3)27-33/h12-14,17-18,28,33,35-37,39,41-43,45-50,56,58,62H,8,15-16,19-27,29-32H2,1-7,9-11H3/b14-12+,17-13+,34-18+,38-28+/t33-,35-,36-,37-,39-,41+,42+,43+,45-,46+,47+,48-,49-,50+,54-/m1/s1/i9D3,20D2. The molecule has 4 aliphatic rings. The second kappa shape index (κ2) is 27.3. The summed E-state index contributed by atoms with van der Waals surface area (Å²) < 4.78 is 76.8. The van der Waals surface area contributed by atoms with Gasteiger partial charge in [0.05, 0.1) is 41.7 Å². The molecule has 0 spiro atoms. The summed E-state index contributed by atoms with van der Waals surface area (Å²) in [5, 5.41) is 33.2. The molecule has 3 aliphatic heterocycles. The highest BCUT2D eigenvalue weighted by Crippen LogP contribution is 2.38. The van der Waals surface area contributed by atoms with Crippen LogP contribution in [0.3, 0.4) is 0 Å². The molecule has 15 atom stereocenters. The molecule has 1 amide bonds. The van der Waals surface area contributed by atoms with E-state index in [0.29, 0.717) is 55.2 Å². The summed E-state index contributed by atoms with van der Waals surface area (Å²) in [5.74, 6) is -9.56. The predicted octanol–water partition coefficient (Wildman–Crippen LogP) is 7.18. The molecule has 0 unspecified atom stereocenters. The number of fused-ring (bicyclic) bond motifs is 3. The number of hydrogen-bond donors (Lipinski definition) is 3. The number of ketones is 2. The number of ether oxygens (including phenoxy) is 6. The van der Waals surface area contributed by atoms with Crippen LogP contribution in [0, 0.1) is 35.5 Å². The number of aliphatic hydroxyl groups excluding tert-OH is 2. The number of carbonyl (C=O) groups is 4. The first-order valence-electron chi connectivity index (χ1n) is 27.2. The highest BCUT2D eigenvalue weighted by Gasteiger charge is 2.53. The number of rotatable bonds is 9. The number of nitrogens with zero attached hydrogens (tertiary/aromatic N) is 1. The molecule has 1 aliphatic carbocycles. The minimum Gasteiger partial charge on any atom is -0.460 e. The fraction of sp³-hybridized carbons (Fsp3) is 0.741. The van der Waals surface area contributed by atoms with Crippen molar-refractivity contribution in [3.8, 4) is 0 Å². The summed E-state index contributed by atoms with van der Waals surface area (Å²) in [7, 11) is 0.210. The lowest BCUT2D eigenvalue weighted by molar-refractivity contribution is -0.265. The summed E-state index contributed by atoms with van der Waals surface area (Å²) in [4.78, 5) is 58.8. The van der Waals surface area contributed by atoms with Crippen LogP contribution in [0.1, 0.15) is 132 Å². The van der Waals surface area contributed by atoms with Gasteiger partial charge in [-0.1, -0.05) is 77.7 Å². The molecule has 68 heavy (non-hydrogen) atoms. The molecule has 384 valence electrons. The maximum Gasteiger partial charge on any atom is 0.329 e. The second-order valence-electron chi connectivity index (χ2n) is 19.9. The molecule has 3 heterocycles. The Morgan fingerprint density at radius 1 is 0.956 bits per heavy atom. The number of allylic oxidation sites excluding steroid dienone is 6. The average molecular weight is 961 g/mol. The fourth-order valence-corrected chi connectivity index (χ4v) is 10.2. The van der Waals surface area contributed by atoms with Crippen LogP contribution in [0.5, 0.6) is 0 Å². The van der Waals surface area contributed by atoms with Crippen LogP contribution in [0.2, 0.25) is 0 Å². The van der Waals surface area contributed by atoms with E-state index in [9.17, 15) is 34.5 Å². The molecule has 14 heteroatoms. The van der Waals surface area contributed by atoms with Gasteiger partial charge in [0.2, 0.25) is 5.79 Å². The number of esters is 1. The lowest BCUT2D eigenvalue weighted by atomic mass is 9.78. The van der Waals surface area contributed by atoms with Crippen molar-refractivity contribution in [3.63, 3.8) is 0 Å². The van der Waals surface area contributed by atoms with Gasteiger partial charge in [-0.2, -0.15) is 0 Å². The predicted molar refractivity (Wildman–Crippen MR) is 260 cm³/mol. The Hall–Kier alpha value is -3.34. The van der Waals surface area contributed by atoms with E-state index in [1.165, 1.54) is 14.0 Å². The second-order valence-corrected chi connectivity index (χ2v) is 19.9. The number of piperidine rings is 1. The number of amides is 1. The number of aliphatic hydroxyl groups is 3. The van der Waals surface area contributed by atoms with Crippen LogP contribution in [0.15, 0.2) is 59.8 Å². The SMILES string of the molecule is [2H]C([2H])([2H])O[C@H]1C[C@@H]2CC([2H])([2H])[C@@H](C)[C@@](O)(O2)C(=O)C(=O)N2CCCC[C@H]2C(=O)O[C@H]([C@H](C)C[C@@H]2CC[C@@H](OCCO)[C@H](OC)C2)CC(=O)[C@H](C)/C=C(\C)[C@@H](O)[C@@H](OC)C(=C)[C@H](C)C[C@H](C)/C=C/C=C/C=C/1C. The lowest BCUT2D eigenvalue weighted by Crippen LogP contribution is -2.61.